The largest absolute Gasteiger partial charge is 0.493 e. The highest BCUT2D eigenvalue weighted by Gasteiger charge is 2.33. The quantitative estimate of drug-likeness (QED) is 0.811. The number of nitrogens with two attached hydrogens (primary N) is 1. The van der Waals surface area contributed by atoms with Crippen molar-refractivity contribution in [3.05, 3.63) is 53.6 Å². The van der Waals surface area contributed by atoms with Gasteiger partial charge in [-0.2, -0.15) is 0 Å². The van der Waals surface area contributed by atoms with Crippen molar-refractivity contribution in [1.82, 2.24) is 4.90 Å². The van der Waals surface area contributed by atoms with Gasteiger partial charge in [-0.1, -0.05) is 24.3 Å². The maximum atomic E-state index is 12.5. The molecule has 2 aromatic carbocycles. The molecule has 2 N–H and O–H groups in total. The molecule has 6 heteroatoms. The highest BCUT2D eigenvalue weighted by Crippen LogP contribution is 2.30. The molecular weight excluding hydrogens is 344 g/mol. The van der Waals surface area contributed by atoms with Gasteiger partial charge in [0.2, 0.25) is 5.91 Å². The van der Waals surface area contributed by atoms with Gasteiger partial charge in [-0.05, 0) is 36.2 Å². The molecule has 144 valence electrons. The molecule has 2 aromatic rings. The molecule has 27 heavy (non-hydrogen) atoms. The molecule has 1 atom stereocenters. The van der Waals surface area contributed by atoms with E-state index < -0.39 is 6.04 Å². The Morgan fingerprint density at radius 1 is 1.11 bits per heavy atom. The van der Waals surface area contributed by atoms with Crippen molar-refractivity contribution in [2.45, 2.75) is 25.5 Å². The molecular formula is C21H26N2O4. The molecule has 0 spiro atoms. The van der Waals surface area contributed by atoms with Gasteiger partial charge >= 0.3 is 0 Å². The molecule has 0 radical (unpaired) electrons. The number of carbonyl (C=O) groups is 1. The van der Waals surface area contributed by atoms with Gasteiger partial charge in [0.1, 0.15) is 11.9 Å². The zero-order valence-corrected chi connectivity index (χ0v) is 16.0. The van der Waals surface area contributed by atoms with Crippen molar-refractivity contribution in [2.75, 3.05) is 27.3 Å². The van der Waals surface area contributed by atoms with Crippen LogP contribution in [0.25, 0.3) is 0 Å². The van der Waals surface area contributed by atoms with E-state index in [1.165, 1.54) is 0 Å². The molecule has 1 saturated heterocycles. The van der Waals surface area contributed by atoms with Crippen LogP contribution in [-0.2, 0) is 4.79 Å². The molecule has 3 rings (SSSR count). The van der Waals surface area contributed by atoms with Crippen LogP contribution in [-0.4, -0.2) is 44.2 Å². The summed E-state index contributed by atoms with van der Waals surface area (Å²) in [4.78, 5) is 14.3. The number of benzene rings is 2. The van der Waals surface area contributed by atoms with E-state index in [2.05, 4.69) is 0 Å². The maximum Gasteiger partial charge on any atom is 0.224 e. The Bertz CT molecular complexity index is 803. The van der Waals surface area contributed by atoms with Gasteiger partial charge in [-0.25, -0.2) is 0 Å². The van der Waals surface area contributed by atoms with Crippen molar-refractivity contribution < 1.29 is 19.0 Å². The Labute approximate surface area is 159 Å². The van der Waals surface area contributed by atoms with E-state index in [1.807, 2.05) is 43.3 Å². The second-order valence-electron chi connectivity index (χ2n) is 6.73. The first-order valence-electron chi connectivity index (χ1n) is 8.99. The van der Waals surface area contributed by atoms with E-state index in [1.54, 1.807) is 25.2 Å². The Hall–Kier alpha value is -2.73. The summed E-state index contributed by atoms with van der Waals surface area (Å²) in [6, 6.07) is 13.0. The van der Waals surface area contributed by atoms with Crippen LogP contribution in [0.1, 0.15) is 23.6 Å². The summed E-state index contributed by atoms with van der Waals surface area (Å²) in [7, 11) is 3.16. The Balaban J connectivity index is 1.52. The zero-order chi connectivity index (χ0) is 19.4. The van der Waals surface area contributed by atoms with Crippen molar-refractivity contribution in [3.63, 3.8) is 0 Å². The summed E-state index contributed by atoms with van der Waals surface area (Å²) in [5, 5.41) is 0. The fourth-order valence-electron chi connectivity index (χ4n) is 3.10. The van der Waals surface area contributed by atoms with Crippen molar-refractivity contribution in [1.29, 1.82) is 0 Å². The fourth-order valence-corrected chi connectivity index (χ4v) is 3.10. The van der Waals surface area contributed by atoms with Gasteiger partial charge in [0, 0.05) is 12.5 Å². The first kappa shape index (κ1) is 19.0. The standard InChI is InChI=1S/C21H26N2O4/c1-14-6-4-5-7-18(14)27-16-12-23(13-16)21(24)11-17(22)15-8-9-19(25-2)20(10-15)26-3/h4-10,16-17H,11-13,22H2,1-3H3/t17-/m0/s1. The molecule has 0 bridgehead atoms. The third-order valence-corrected chi connectivity index (χ3v) is 4.82. The number of methoxy groups -OCH3 is 2. The van der Waals surface area contributed by atoms with Crippen LogP contribution in [0.15, 0.2) is 42.5 Å². The smallest absolute Gasteiger partial charge is 0.224 e. The lowest BCUT2D eigenvalue weighted by Gasteiger charge is -2.39. The molecule has 1 fully saturated rings. The minimum absolute atomic E-state index is 0.0296. The highest BCUT2D eigenvalue weighted by molar-refractivity contribution is 5.78. The van der Waals surface area contributed by atoms with Crippen molar-refractivity contribution in [2.24, 2.45) is 5.73 Å². The van der Waals surface area contributed by atoms with Crippen molar-refractivity contribution >= 4 is 5.91 Å². The van der Waals surface area contributed by atoms with Crippen LogP contribution in [0, 0.1) is 6.92 Å². The number of nitrogens with zero attached hydrogens (tertiary/aromatic N) is 1. The summed E-state index contributed by atoms with van der Waals surface area (Å²) in [5.74, 6) is 2.14. The molecule has 1 heterocycles. The molecule has 0 aliphatic carbocycles. The molecule has 1 aliphatic heterocycles. The van der Waals surface area contributed by atoms with E-state index in [4.69, 9.17) is 19.9 Å². The fraction of sp³-hybridized carbons (Fsp3) is 0.381. The number of ether oxygens (including phenoxy) is 3. The van der Waals surface area contributed by atoms with Gasteiger partial charge in [-0.3, -0.25) is 4.79 Å². The van der Waals surface area contributed by atoms with Gasteiger partial charge in [0.15, 0.2) is 11.5 Å². The van der Waals surface area contributed by atoms with Crippen LogP contribution in [0.2, 0.25) is 0 Å². The first-order valence-corrected chi connectivity index (χ1v) is 8.99. The Kier molecular flexibility index (Phi) is 5.86. The monoisotopic (exact) mass is 370 g/mol. The van der Waals surface area contributed by atoms with E-state index in [0.717, 1.165) is 16.9 Å². The molecule has 1 aliphatic rings. The lowest BCUT2D eigenvalue weighted by Crippen LogP contribution is -2.56. The molecule has 0 saturated carbocycles. The van der Waals surface area contributed by atoms with E-state index in [9.17, 15) is 4.79 Å². The molecule has 1 amide bonds. The normalized spacial score (nSPS) is 15.0. The average Bonchev–Trinajstić information content (AvgIpc) is 2.64. The van der Waals surface area contributed by atoms with Gasteiger partial charge < -0.3 is 24.8 Å². The number of carbonyl (C=O) groups excluding carboxylic acids is 1. The van der Waals surface area contributed by atoms with Gasteiger partial charge in [0.25, 0.3) is 0 Å². The van der Waals surface area contributed by atoms with E-state index in [0.29, 0.717) is 24.6 Å². The Morgan fingerprint density at radius 2 is 1.81 bits per heavy atom. The van der Waals surface area contributed by atoms with Crippen LogP contribution in [0.4, 0.5) is 0 Å². The molecule has 0 aromatic heterocycles. The summed E-state index contributed by atoms with van der Waals surface area (Å²) in [6.45, 7) is 3.19. The predicted molar refractivity (Wildman–Crippen MR) is 103 cm³/mol. The minimum atomic E-state index is -0.395. The summed E-state index contributed by atoms with van der Waals surface area (Å²) >= 11 is 0. The summed E-state index contributed by atoms with van der Waals surface area (Å²) in [6.07, 6.45) is 0.277. The summed E-state index contributed by atoms with van der Waals surface area (Å²) < 4.78 is 16.5. The Morgan fingerprint density at radius 3 is 2.48 bits per heavy atom. The predicted octanol–water partition coefficient (Wildman–Crippen LogP) is 2.69. The summed E-state index contributed by atoms with van der Waals surface area (Å²) in [5.41, 5.74) is 8.17. The van der Waals surface area contributed by atoms with Crippen LogP contribution >= 0.6 is 0 Å². The third-order valence-electron chi connectivity index (χ3n) is 4.82. The first-order chi connectivity index (χ1) is 13.0. The van der Waals surface area contributed by atoms with Gasteiger partial charge in [0.05, 0.1) is 27.3 Å². The SMILES string of the molecule is COc1ccc([C@@H](N)CC(=O)N2CC(Oc3ccccc3C)C2)cc1OC. The maximum absolute atomic E-state index is 12.5. The van der Waals surface area contributed by atoms with Crippen LogP contribution in [0.3, 0.4) is 0 Å². The number of aryl methyl sites for hydroxylation is 1. The van der Waals surface area contributed by atoms with Crippen LogP contribution in [0.5, 0.6) is 17.2 Å². The average molecular weight is 370 g/mol. The number of rotatable bonds is 7. The lowest BCUT2D eigenvalue weighted by atomic mass is 10.0. The number of hydrogen-bond acceptors (Lipinski definition) is 5. The third kappa shape index (κ3) is 4.34. The topological polar surface area (TPSA) is 74.0 Å². The second-order valence-corrected chi connectivity index (χ2v) is 6.73. The number of hydrogen-bond donors (Lipinski definition) is 1. The lowest BCUT2D eigenvalue weighted by molar-refractivity contribution is -0.140. The number of para-hydroxylation sites is 1. The van der Waals surface area contributed by atoms with Gasteiger partial charge in [-0.15, -0.1) is 0 Å². The van der Waals surface area contributed by atoms with Crippen LogP contribution < -0.4 is 19.9 Å². The number of amides is 1. The van der Waals surface area contributed by atoms with E-state index >= 15 is 0 Å². The molecule has 6 nitrogen and oxygen atoms in total. The highest BCUT2D eigenvalue weighted by atomic mass is 16.5. The minimum Gasteiger partial charge on any atom is -0.493 e. The zero-order valence-electron chi connectivity index (χ0n) is 16.0. The number of likely N-dealkylation sites (tertiary alicyclic amines) is 1. The molecule has 0 unspecified atom stereocenters. The van der Waals surface area contributed by atoms with E-state index in [-0.39, 0.29) is 18.4 Å². The van der Waals surface area contributed by atoms with Crippen molar-refractivity contribution in [3.8, 4) is 17.2 Å². The second kappa shape index (κ2) is 8.31.